The third kappa shape index (κ3) is 4.59. The van der Waals surface area contributed by atoms with E-state index in [1.54, 1.807) is 7.11 Å². The van der Waals surface area contributed by atoms with Crippen LogP contribution in [0.4, 0.5) is 0 Å². The van der Waals surface area contributed by atoms with Crippen molar-refractivity contribution in [2.24, 2.45) is 5.73 Å². The zero-order chi connectivity index (χ0) is 15.1. The molecular formula is C18H24N2O. The highest BCUT2D eigenvalue weighted by Crippen LogP contribution is 2.14. The van der Waals surface area contributed by atoms with Gasteiger partial charge in [-0.25, -0.2) is 0 Å². The molecule has 0 saturated heterocycles. The first-order valence-electron chi connectivity index (χ1n) is 7.30. The molecule has 0 saturated carbocycles. The lowest BCUT2D eigenvalue weighted by atomic mass is 10.0. The lowest BCUT2D eigenvalue weighted by Gasteiger charge is -2.27. The van der Waals surface area contributed by atoms with Crippen molar-refractivity contribution in [1.82, 2.24) is 4.90 Å². The van der Waals surface area contributed by atoms with Crippen molar-refractivity contribution in [1.29, 1.82) is 0 Å². The van der Waals surface area contributed by atoms with E-state index < -0.39 is 0 Å². The molecule has 2 rings (SSSR count). The smallest absolute Gasteiger partial charge is 0.118 e. The second-order valence-corrected chi connectivity index (χ2v) is 5.34. The largest absolute Gasteiger partial charge is 0.497 e. The predicted molar refractivity (Wildman–Crippen MR) is 87.4 cm³/mol. The van der Waals surface area contributed by atoms with Gasteiger partial charge in [0.25, 0.3) is 0 Å². The first kappa shape index (κ1) is 15.5. The lowest BCUT2D eigenvalue weighted by Crippen LogP contribution is -2.39. The summed E-state index contributed by atoms with van der Waals surface area (Å²) in [7, 11) is 3.82. The summed E-state index contributed by atoms with van der Waals surface area (Å²) >= 11 is 0. The molecule has 2 aromatic rings. The van der Waals surface area contributed by atoms with Crippen LogP contribution in [0.25, 0.3) is 0 Å². The van der Waals surface area contributed by atoms with E-state index in [2.05, 4.69) is 48.3 Å². The van der Waals surface area contributed by atoms with Crippen LogP contribution in [-0.4, -0.2) is 31.6 Å². The Bertz CT molecular complexity index is 525. The van der Waals surface area contributed by atoms with Crippen LogP contribution in [0.1, 0.15) is 11.1 Å². The maximum absolute atomic E-state index is 5.96. The highest BCUT2D eigenvalue weighted by atomic mass is 16.5. The summed E-state index contributed by atoms with van der Waals surface area (Å²) in [6.07, 6.45) is 0.976. The molecule has 3 heteroatoms. The number of nitrogens with zero attached hydrogens (tertiary/aromatic N) is 1. The minimum Gasteiger partial charge on any atom is -0.497 e. The monoisotopic (exact) mass is 284 g/mol. The van der Waals surface area contributed by atoms with Crippen molar-refractivity contribution in [3.63, 3.8) is 0 Å². The Morgan fingerprint density at radius 3 is 2.24 bits per heavy atom. The zero-order valence-electron chi connectivity index (χ0n) is 12.8. The van der Waals surface area contributed by atoms with Crippen LogP contribution in [0.2, 0.25) is 0 Å². The van der Waals surface area contributed by atoms with E-state index in [0.29, 0.717) is 12.6 Å². The predicted octanol–water partition coefficient (Wildman–Crippen LogP) is 2.70. The van der Waals surface area contributed by atoms with Crippen molar-refractivity contribution in [2.45, 2.75) is 19.0 Å². The standard InChI is InChI=1S/C18H24N2O/c1-20(14-16-8-10-18(21-2)11-9-16)17(13-19)12-15-6-4-3-5-7-15/h3-11,17H,12-14,19H2,1-2H3. The van der Waals surface area contributed by atoms with Gasteiger partial charge in [-0.2, -0.15) is 0 Å². The van der Waals surface area contributed by atoms with E-state index in [1.165, 1.54) is 11.1 Å². The van der Waals surface area contributed by atoms with Crippen LogP contribution < -0.4 is 10.5 Å². The quantitative estimate of drug-likeness (QED) is 0.849. The average Bonchev–Trinajstić information content (AvgIpc) is 2.54. The highest BCUT2D eigenvalue weighted by molar-refractivity contribution is 5.27. The summed E-state index contributed by atoms with van der Waals surface area (Å²) in [6.45, 7) is 1.54. The third-order valence-corrected chi connectivity index (χ3v) is 3.80. The molecule has 0 aliphatic carbocycles. The van der Waals surface area contributed by atoms with Gasteiger partial charge in [0, 0.05) is 19.1 Å². The highest BCUT2D eigenvalue weighted by Gasteiger charge is 2.14. The van der Waals surface area contributed by atoms with Gasteiger partial charge in [-0.05, 0) is 36.7 Å². The van der Waals surface area contributed by atoms with Gasteiger partial charge in [0.15, 0.2) is 0 Å². The number of hydrogen-bond acceptors (Lipinski definition) is 3. The summed E-state index contributed by atoms with van der Waals surface area (Å²) in [5.74, 6) is 0.890. The van der Waals surface area contributed by atoms with E-state index in [4.69, 9.17) is 10.5 Å². The van der Waals surface area contributed by atoms with Crippen LogP contribution in [0.15, 0.2) is 54.6 Å². The molecule has 2 aromatic carbocycles. The molecule has 1 unspecified atom stereocenters. The molecule has 0 heterocycles. The second-order valence-electron chi connectivity index (χ2n) is 5.34. The van der Waals surface area contributed by atoms with Gasteiger partial charge in [0.05, 0.1) is 7.11 Å². The number of ether oxygens (including phenoxy) is 1. The molecule has 112 valence electrons. The Kier molecular flexibility index (Phi) is 5.78. The Morgan fingerprint density at radius 2 is 1.67 bits per heavy atom. The van der Waals surface area contributed by atoms with Gasteiger partial charge in [-0.15, -0.1) is 0 Å². The molecular weight excluding hydrogens is 260 g/mol. The van der Waals surface area contributed by atoms with E-state index >= 15 is 0 Å². The maximum Gasteiger partial charge on any atom is 0.118 e. The third-order valence-electron chi connectivity index (χ3n) is 3.80. The topological polar surface area (TPSA) is 38.5 Å². The zero-order valence-corrected chi connectivity index (χ0v) is 12.8. The van der Waals surface area contributed by atoms with Crippen molar-refractivity contribution >= 4 is 0 Å². The average molecular weight is 284 g/mol. The first-order valence-corrected chi connectivity index (χ1v) is 7.30. The molecule has 0 fully saturated rings. The normalized spacial score (nSPS) is 12.4. The van der Waals surface area contributed by atoms with E-state index in [9.17, 15) is 0 Å². The number of methoxy groups -OCH3 is 1. The fourth-order valence-corrected chi connectivity index (χ4v) is 2.45. The fraction of sp³-hybridized carbons (Fsp3) is 0.333. The van der Waals surface area contributed by atoms with Crippen molar-refractivity contribution in [3.8, 4) is 5.75 Å². The summed E-state index contributed by atoms with van der Waals surface area (Å²) in [4.78, 5) is 2.31. The molecule has 0 aliphatic rings. The SMILES string of the molecule is COc1ccc(CN(C)C(CN)Cc2ccccc2)cc1. The summed E-state index contributed by atoms with van der Waals surface area (Å²) < 4.78 is 5.19. The lowest BCUT2D eigenvalue weighted by molar-refractivity contribution is 0.237. The molecule has 0 spiro atoms. The number of hydrogen-bond donors (Lipinski definition) is 1. The summed E-state index contributed by atoms with van der Waals surface area (Å²) in [5, 5.41) is 0. The molecule has 0 radical (unpaired) electrons. The summed E-state index contributed by atoms with van der Waals surface area (Å²) in [5.41, 5.74) is 8.56. The molecule has 21 heavy (non-hydrogen) atoms. The Morgan fingerprint density at radius 1 is 1.00 bits per heavy atom. The molecule has 3 nitrogen and oxygen atoms in total. The molecule has 2 N–H and O–H groups in total. The number of likely N-dealkylation sites (N-methyl/N-ethyl adjacent to an activating group) is 1. The minimum absolute atomic E-state index is 0.342. The van der Waals surface area contributed by atoms with Gasteiger partial charge >= 0.3 is 0 Å². The Balaban J connectivity index is 1.97. The van der Waals surface area contributed by atoms with Crippen molar-refractivity contribution < 1.29 is 4.74 Å². The Hall–Kier alpha value is -1.84. The van der Waals surface area contributed by atoms with Gasteiger partial charge < -0.3 is 10.5 Å². The molecule has 0 bridgehead atoms. The van der Waals surface area contributed by atoms with Crippen LogP contribution in [0.3, 0.4) is 0 Å². The van der Waals surface area contributed by atoms with E-state index in [0.717, 1.165) is 18.7 Å². The minimum atomic E-state index is 0.342. The van der Waals surface area contributed by atoms with Crippen molar-refractivity contribution in [2.75, 3.05) is 20.7 Å². The fourth-order valence-electron chi connectivity index (χ4n) is 2.45. The van der Waals surface area contributed by atoms with Crippen LogP contribution >= 0.6 is 0 Å². The van der Waals surface area contributed by atoms with Gasteiger partial charge in [-0.1, -0.05) is 42.5 Å². The maximum atomic E-state index is 5.96. The van der Waals surface area contributed by atoms with E-state index in [-0.39, 0.29) is 0 Å². The van der Waals surface area contributed by atoms with Crippen LogP contribution in [-0.2, 0) is 13.0 Å². The molecule has 0 aromatic heterocycles. The summed E-state index contributed by atoms with van der Waals surface area (Å²) in [6, 6.07) is 19.1. The second kappa shape index (κ2) is 7.81. The number of rotatable bonds is 7. The van der Waals surface area contributed by atoms with Crippen LogP contribution in [0, 0.1) is 0 Å². The Labute approximate surface area is 127 Å². The molecule has 0 aliphatic heterocycles. The van der Waals surface area contributed by atoms with Crippen LogP contribution in [0.5, 0.6) is 5.75 Å². The first-order chi connectivity index (χ1) is 10.2. The van der Waals surface area contributed by atoms with Gasteiger partial charge in [-0.3, -0.25) is 4.90 Å². The number of benzene rings is 2. The molecule has 0 amide bonds. The number of nitrogens with two attached hydrogens (primary N) is 1. The molecule has 1 atom stereocenters. The van der Waals surface area contributed by atoms with Gasteiger partial charge in [0.2, 0.25) is 0 Å². The van der Waals surface area contributed by atoms with Gasteiger partial charge in [0.1, 0.15) is 5.75 Å². The van der Waals surface area contributed by atoms with Crippen molar-refractivity contribution in [3.05, 3.63) is 65.7 Å². The van der Waals surface area contributed by atoms with E-state index in [1.807, 2.05) is 18.2 Å².